The van der Waals surface area contributed by atoms with Gasteiger partial charge in [-0.3, -0.25) is 14.9 Å². The molecule has 0 aliphatic carbocycles. The molecule has 0 unspecified atom stereocenters. The topological polar surface area (TPSA) is 75.9 Å². The number of benzene rings is 2. The number of morpholine rings is 1. The summed E-state index contributed by atoms with van der Waals surface area (Å²) < 4.78 is 5.37. The quantitative estimate of drug-likeness (QED) is 0.598. The number of carbonyl (C=O) groups is 1. The standard InChI is InChI=1S/C20H23N3O4/c1-15-13-17(5-8-19(15)23(25)26)20(24)21(2)14-16-3-6-18(7-4-16)22-9-11-27-12-10-22/h3-8,13H,9-12,14H2,1-2H3. The fourth-order valence-corrected chi connectivity index (χ4v) is 3.19. The summed E-state index contributed by atoms with van der Waals surface area (Å²) in [4.78, 5) is 27.0. The first-order valence-electron chi connectivity index (χ1n) is 8.88. The van der Waals surface area contributed by atoms with E-state index in [0.717, 1.165) is 37.6 Å². The molecular weight excluding hydrogens is 346 g/mol. The lowest BCUT2D eigenvalue weighted by Gasteiger charge is -2.29. The molecule has 2 aromatic rings. The Kier molecular flexibility index (Phi) is 5.71. The van der Waals surface area contributed by atoms with Gasteiger partial charge in [0.1, 0.15) is 0 Å². The maximum absolute atomic E-state index is 12.6. The van der Waals surface area contributed by atoms with Crippen molar-refractivity contribution in [2.45, 2.75) is 13.5 Å². The Balaban J connectivity index is 1.65. The Morgan fingerprint density at radius 2 is 1.85 bits per heavy atom. The summed E-state index contributed by atoms with van der Waals surface area (Å²) in [6, 6.07) is 12.6. The fraction of sp³-hybridized carbons (Fsp3) is 0.350. The smallest absolute Gasteiger partial charge is 0.272 e. The Labute approximate surface area is 158 Å². The van der Waals surface area contributed by atoms with E-state index in [1.54, 1.807) is 24.9 Å². The number of hydrogen-bond donors (Lipinski definition) is 0. The number of nitrogens with zero attached hydrogens (tertiary/aromatic N) is 3. The molecular formula is C20H23N3O4. The lowest BCUT2D eigenvalue weighted by molar-refractivity contribution is -0.385. The average Bonchev–Trinajstić information content (AvgIpc) is 2.68. The zero-order valence-electron chi connectivity index (χ0n) is 15.6. The van der Waals surface area contributed by atoms with E-state index in [1.165, 1.54) is 12.1 Å². The second-order valence-corrected chi connectivity index (χ2v) is 6.69. The van der Waals surface area contributed by atoms with Crippen molar-refractivity contribution < 1.29 is 14.5 Å². The maximum Gasteiger partial charge on any atom is 0.272 e. The molecule has 1 fully saturated rings. The van der Waals surface area contributed by atoms with Crippen molar-refractivity contribution in [3.05, 3.63) is 69.3 Å². The van der Waals surface area contributed by atoms with Crippen LogP contribution in [0.15, 0.2) is 42.5 Å². The van der Waals surface area contributed by atoms with Gasteiger partial charge in [0.05, 0.1) is 18.1 Å². The van der Waals surface area contributed by atoms with Gasteiger partial charge in [-0.05, 0) is 36.8 Å². The number of aryl methyl sites for hydroxylation is 1. The number of ether oxygens (including phenoxy) is 1. The van der Waals surface area contributed by atoms with E-state index in [9.17, 15) is 14.9 Å². The second-order valence-electron chi connectivity index (χ2n) is 6.69. The van der Waals surface area contributed by atoms with E-state index in [-0.39, 0.29) is 11.6 Å². The van der Waals surface area contributed by atoms with Gasteiger partial charge in [-0.25, -0.2) is 0 Å². The van der Waals surface area contributed by atoms with Crippen molar-refractivity contribution in [2.24, 2.45) is 0 Å². The Morgan fingerprint density at radius 1 is 1.19 bits per heavy atom. The third-order valence-electron chi connectivity index (χ3n) is 4.72. The van der Waals surface area contributed by atoms with E-state index in [1.807, 2.05) is 12.1 Å². The summed E-state index contributed by atoms with van der Waals surface area (Å²) in [5.41, 5.74) is 3.14. The van der Waals surface area contributed by atoms with Gasteiger partial charge >= 0.3 is 0 Å². The summed E-state index contributed by atoms with van der Waals surface area (Å²) in [6.07, 6.45) is 0. The van der Waals surface area contributed by atoms with Crippen LogP contribution < -0.4 is 4.90 Å². The van der Waals surface area contributed by atoms with Crippen LogP contribution in [0.1, 0.15) is 21.5 Å². The molecule has 0 atom stereocenters. The zero-order chi connectivity index (χ0) is 19.4. The monoisotopic (exact) mass is 369 g/mol. The molecule has 1 aliphatic heterocycles. The molecule has 142 valence electrons. The van der Waals surface area contributed by atoms with Crippen molar-refractivity contribution in [1.29, 1.82) is 0 Å². The largest absolute Gasteiger partial charge is 0.378 e. The van der Waals surface area contributed by atoms with Crippen LogP contribution in [0.2, 0.25) is 0 Å². The molecule has 1 heterocycles. The van der Waals surface area contributed by atoms with Gasteiger partial charge in [-0.2, -0.15) is 0 Å². The summed E-state index contributed by atoms with van der Waals surface area (Å²) in [6.45, 7) is 5.37. The van der Waals surface area contributed by atoms with E-state index in [2.05, 4.69) is 17.0 Å². The van der Waals surface area contributed by atoms with Gasteiger partial charge in [0, 0.05) is 49.6 Å². The van der Waals surface area contributed by atoms with Gasteiger partial charge in [-0.1, -0.05) is 12.1 Å². The molecule has 2 aromatic carbocycles. The Morgan fingerprint density at radius 3 is 2.44 bits per heavy atom. The lowest BCUT2D eigenvalue weighted by atomic mass is 10.1. The third kappa shape index (κ3) is 4.43. The van der Waals surface area contributed by atoms with E-state index < -0.39 is 4.92 Å². The van der Waals surface area contributed by atoms with E-state index in [0.29, 0.717) is 17.7 Å². The van der Waals surface area contributed by atoms with Crippen LogP contribution in [0, 0.1) is 17.0 Å². The number of rotatable bonds is 5. The molecule has 0 N–H and O–H groups in total. The highest BCUT2D eigenvalue weighted by Crippen LogP contribution is 2.21. The summed E-state index contributed by atoms with van der Waals surface area (Å²) in [5, 5.41) is 10.9. The van der Waals surface area contributed by atoms with Gasteiger partial charge in [0.2, 0.25) is 0 Å². The first-order valence-corrected chi connectivity index (χ1v) is 8.88. The van der Waals surface area contributed by atoms with Crippen LogP contribution >= 0.6 is 0 Å². The maximum atomic E-state index is 12.6. The normalized spacial score (nSPS) is 14.1. The predicted octanol–water partition coefficient (Wildman–Crippen LogP) is 3.01. The van der Waals surface area contributed by atoms with E-state index in [4.69, 9.17) is 4.74 Å². The van der Waals surface area contributed by atoms with Crippen LogP contribution in [0.4, 0.5) is 11.4 Å². The molecule has 0 radical (unpaired) electrons. The van der Waals surface area contributed by atoms with Gasteiger partial charge in [-0.15, -0.1) is 0 Å². The highest BCUT2D eigenvalue weighted by Gasteiger charge is 2.17. The molecule has 7 nitrogen and oxygen atoms in total. The minimum Gasteiger partial charge on any atom is -0.378 e. The Hall–Kier alpha value is -2.93. The zero-order valence-corrected chi connectivity index (χ0v) is 15.6. The molecule has 3 rings (SSSR count). The number of carbonyl (C=O) groups excluding carboxylic acids is 1. The van der Waals surface area contributed by atoms with Crippen LogP contribution in [0.3, 0.4) is 0 Å². The highest BCUT2D eigenvalue weighted by molar-refractivity contribution is 5.94. The Bertz CT molecular complexity index is 830. The van der Waals surface area contributed by atoms with Crippen LogP contribution in [-0.2, 0) is 11.3 Å². The minimum absolute atomic E-state index is 0.0212. The van der Waals surface area contributed by atoms with E-state index >= 15 is 0 Å². The first kappa shape index (κ1) is 18.8. The van der Waals surface area contributed by atoms with Gasteiger partial charge in [0.25, 0.3) is 11.6 Å². The molecule has 1 saturated heterocycles. The SMILES string of the molecule is Cc1cc(C(=O)N(C)Cc2ccc(N3CCOCC3)cc2)ccc1[N+](=O)[O-]. The van der Waals surface area contributed by atoms with Crippen molar-refractivity contribution in [3.63, 3.8) is 0 Å². The molecule has 1 aliphatic rings. The number of amides is 1. The lowest BCUT2D eigenvalue weighted by Crippen LogP contribution is -2.36. The molecule has 0 aromatic heterocycles. The number of hydrogen-bond acceptors (Lipinski definition) is 5. The van der Waals surface area contributed by atoms with Crippen molar-refractivity contribution in [3.8, 4) is 0 Å². The third-order valence-corrected chi connectivity index (χ3v) is 4.72. The summed E-state index contributed by atoms with van der Waals surface area (Å²) in [5.74, 6) is -0.162. The van der Waals surface area contributed by atoms with Crippen molar-refractivity contribution in [1.82, 2.24) is 4.90 Å². The van der Waals surface area contributed by atoms with Crippen molar-refractivity contribution >= 4 is 17.3 Å². The molecule has 27 heavy (non-hydrogen) atoms. The second kappa shape index (κ2) is 8.18. The number of nitro groups is 1. The van der Waals surface area contributed by atoms with Crippen molar-refractivity contribution in [2.75, 3.05) is 38.3 Å². The fourth-order valence-electron chi connectivity index (χ4n) is 3.19. The molecule has 0 saturated carbocycles. The predicted molar refractivity (Wildman–Crippen MR) is 103 cm³/mol. The van der Waals surface area contributed by atoms with Crippen LogP contribution in [0.25, 0.3) is 0 Å². The number of nitro benzene ring substituents is 1. The van der Waals surface area contributed by atoms with Gasteiger partial charge in [0.15, 0.2) is 0 Å². The average molecular weight is 369 g/mol. The number of anilines is 1. The van der Waals surface area contributed by atoms with Crippen LogP contribution in [0.5, 0.6) is 0 Å². The van der Waals surface area contributed by atoms with Gasteiger partial charge < -0.3 is 14.5 Å². The minimum atomic E-state index is -0.441. The molecule has 1 amide bonds. The van der Waals surface area contributed by atoms with Crippen LogP contribution in [-0.4, -0.2) is 49.1 Å². The molecule has 0 bridgehead atoms. The molecule has 0 spiro atoms. The molecule has 7 heteroatoms. The first-order chi connectivity index (χ1) is 13.0. The summed E-state index contributed by atoms with van der Waals surface area (Å²) >= 11 is 0. The summed E-state index contributed by atoms with van der Waals surface area (Å²) in [7, 11) is 1.73. The highest BCUT2D eigenvalue weighted by atomic mass is 16.6.